The summed E-state index contributed by atoms with van der Waals surface area (Å²) in [6, 6.07) is 11.1. The van der Waals surface area contributed by atoms with Crippen LogP contribution in [0.4, 0.5) is 26.3 Å². The van der Waals surface area contributed by atoms with E-state index >= 15 is 0 Å². The summed E-state index contributed by atoms with van der Waals surface area (Å²) < 4.78 is 112. The SMILES string of the molecule is O=C(OC(=O)C1Cc2cc(Cl)c(Oc3cccc[n+]3[O-])cc2OC1C(F)(F)F)C1Cc2cc(Cl)c(Oc3ccc[n+]([O-])c3)cc2OC1C(F)(F)F. The van der Waals surface area contributed by atoms with Crippen LogP contribution < -0.4 is 28.4 Å². The number of fused-ring (bicyclic) bond motifs is 2. The standard InChI is InChI=1S/C32H20Cl2F6N2O9/c33-20-10-15-8-18(27(31(35,36)37)49-22(15)12-24(20)47-17-4-3-6-41(45)14-17)29(43)51-30(44)19-9-16-11-21(34)25(48-26-5-1-2-7-42(26)46)13-23(16)50-28(19)32(38,39)40/h1-7,10-14,18-19,27-28H,8-9H2. The summed E-state index contributed by atoms with van der Waals surface area (Å²) in [6.07, 6.45) is -14.5. The van der Waals surface area contributed by atoms with E-state index < -0.39 is 72.7 Å². The molecular formula is C32H20Cl2F6N2O9. The third-order valence-corrected chi connectivity index (χ3v) is 8.37. The zero-order valence-electron chi connectivity index (χ0n) is 25.2. The molecule has 19 heteroatoms. The van der Waals surface area contributed by atoms with E-state index in [0.29, 0.717) is 9.46 Å². The number of rotatable bonds is 6. The molecule has 4 heterocycles. The second-order valence-electron chi connectivity index (χ2n) is 11.3. The van der Waals surface area contributed by atoms with Crippen molar-refractivity contribution in [1.29, 1.82) is 0 Å². The molecule has 4 aromatic rings. The number of ether oxygens (including phenoxy) is 5. The Hall–Kier alpha value is -5.16. The Kier molecular flexibility index (Phi) is 9.45. The van der Waals surface area contributed by atoms with Gasteiger partial charge < -0.3 is 34.1 Å². The van der Waals surface area contributed by atoms with Gasteiger partial charge in [0, 0.05) is 24.3 Å². The monoisotopic (exact) mass is 760 g/mol. The first-order valence-corrected chi connectivity index (χ1v) is 15.3. The van der Waals surface area contributed by atoms with Crippen molar-refractivity contribution in [2.24, 2.45) is 11.8 Å². The number of esters is 2. The van der Waals surface area contributed by atoms with Crippen molar-refractivity contribution in [3.05, 3.63) is 105 Å². The minimum atomic E-state index is -5.23. The Morgan fingerprint density at radius 3 is 1.76 bits per heavy atom. The van der Waals surface area contributed by atoms with Crippen molar-refractivity contribution in [1.82, 2.24) is 0 Å². The highest BCUT2D eigenvalue weighted by molar-refractivity contribution is 6.32. The van der Waals surface area contributed by atoms with Gasteiger partial charge in [-0.15, -0.1) is 4.73 Å². The molecule has 0 N–H and O–H groups in total. The average molecular weight is 761 g/mol. The van der Waals surface area contributed by atoms with Crippen molar-refractivity contribution in [3.63, 3.8) is 0 Å². The summed E-state index contributed by atoms with van der Waals surface area (Å²) in [5.41, 5.74) is -0.0930. The van der Waals surface area contributed by atoms with E-state index in [1.54, 1.807) is 0 Å². The molecule has 2 aromatic heterocycles. The summed E-state index contributed by atoms with van der Waals surface area (Å²) in [5.74, 6) is -9.66. The zero-order chi connectivity index (χ0) is 36.8. The molecule has 0 bridgehead atoms. The van der Waals surface area contributed by atoms with Crippen LogP contribution in [0.2, 0.25) is 10.0 Å². The number of carbonyl (C=O) groups excluding carboxylic acids is 2. The molecule has 0 radical (unpaired) electrons. The van der Waals surface area contributed by atoms with Crippen LogP contribution in [0.5, 0.6) is 34.6 Å². The van der Waals surface area contributed by atoms with E-state index in [1.807, 2.05) is 0 Å². The third-order valence-electron chi connectivity index (χ3n) is 7.78. The maximum Gasteiger partial charge on any atom is 0.426 e. The summed E-state index contributed by atoms with van der Waals surface area (Å²) >= 11 is 12.5. The van der Waals surface area contributed by atoms with E-state index in [1.165, 1.54) is 30.3 Å². The minimum absolute atomic E-state index is 0.0101. The molecule has 0 saturated carbocycles. The molecule has 0 fully saturated rings. The molecule has 6 rings (SSSR count). The highest BCUT2D eigenvalue weighted by atomic mass is 35.5. The lowest BCUT2D eigenvalue weighted by molar-refractivity contribution is -0.611. The predicted octanol–water partition coefficient (Wildman–Crippen LogP) is 6.58. The molecule has 0 saturated heterocycles. The van der Waals surface area contributed by atoms with Crippen LogP contribution in [-0.4, -0.2) is 36.5 Å². The van der Waals surface area contributed by atoms with Crippen LogP contribution in [-0.2, 0) is 27.2 Å². The Labute approximate surface area is 292 Å². The fraction of sp³-hybridized carbons (Fsp3) is 0.250. The van der Waals surface area contributed by atoms with E-state index in [9.17, 15) is 46.3 Å². The fourth-order valence-electron chi connectivity index (χ4n) is 5.45. The van der Waals surface area contributed by atoms with Gasteiger partial charge in [-0.05, 0) is 48.2 Å². The van der Waals surface area contributed by atoms with Gasteiger partial charge in [0.2, 0.25) is 18.4 Å². The first-order valence-electron chi connectivity index (χ1n) is 14.6. The van der Waals surface area contributed by atoms with Crippen molar-refractivity contribution in [2.45, 2.75) is 37.4 Å². The lowest BCUT2D eigenvalue weighted by atomic mass is 9.89. The van der Waals surface area contributed by atoms with E-state index in [4.69, 9.17) is 42.1 Å². The molecule has 2 aromatic carbocycles. The van der Waals surface area contributed by atoms with Gasteiger partial charge in [0.25, 0.3) is 0 Å². The number of carbonyl (C=O) groups is 2. The number of aromatic nitrogens is 2. The maximum absolute atomic E-state index is 14.2. The summed E-state index contributed by atoms with van der Waals surface area (Å²) in [5, 5.41) is 23.2. The minimum Gasteiger partial charge on any atom is -0.619 e. The largest absolute Gasteiger partial charge is 0.619 e. The number of pyridine rings is 2. The number of alkyl halides is 6. The topological polar surface area (TPSA) is 134 Å². The van der Waals surface area contributed by atoms with Gasteiger partial charge >= 0.3 is 30.2 Å². The molecule has 4 atom stereocenters. The normalized spacial score (nSPS) is 19.8. The van der Waals surface area contributed by atoms with Crippen molar-refractivity contribution < 1.29 is 69.1 Å². The Balaban J connectivity index is 1.23. The molecule has 0 spiro atoms. The van der Waals surface area contributed by atoms with Crippen LogP contribution in [0.15, 0.2) is 73.2 Å². The molecule has 51 heavy (non-hydrogen) atoms. The van der Waals surface area contributed by atoms with Crippen molar-refractivity contribution >= 4 is 35.1 Å². The van der Waals surface area contributed by atoms with Gasteiger partial charge in [-0.2, -0.15) is 31.1 Å². The third kappa shape index (κ3) is 7.63. The Morgan fingerprint density at radius 1 is 0.745 bits per heavy atom. The van der Waals surface area contributed by atoms with Gasteiger partial charge in [-0.25, -0.2) is 0 Å². The lowest BCUT2D eigenvalue weighted by Gasteiger charge is -2.35. The Morgan fingerprint density at radius 2 is 1.27 bits per heavy atom. The first kappa shape index (κ1) is 35.7. The van der Waals surface area contributed by atoms with Gasteiger partial charge in [0.1, 0.15) is 29.1 Å². The maximum atomic E-state index is 14.2. The van der Waals surface area contributed by atoms with E-state index in [0.717, 1.165) is 42.9 Å². The smallest absolute Gasteiger partial charge is 0.426 e. The second kappa shape index (κ2) is 13.5. The van der Waals surface area contributed by atoms with Gasteiger partial charge in [0.05, 0.1) is 16.1 Å². The molecular weight excluding hydrogens is 741 g/mol. The zero-order valence-corrected chi connectivity index (χ0v) is 26.8. The lowest BCUT2D eigenvalue weighted by Crippen LogP contribution is -2.51. The second-order valence-corrected chi connectivity index (χ2v) is 12.1. The number of hydrogen-bond acceptors (Lipinski definition) is 9. The number of nitrogens with zero attached hydrogens (tertiary/aromatic N) is 2. The molecule has 0 aliphatic carbocycles. The van der Waals surface area contributed by atoms with Crippen LogP contribution >= 0.6 is 23.2 Å². The molecule has 11 nitrogen and oxygen atoms in total. The molecule has 2 aliphatic heterocycles. The molecule has 268 valence electrons. The molecule has 4 unspecified atom stereocenters. The number of benzene rings is 2. The van der Waals surface area contributed by atoms with Crippen LogP contribution in [0, 0.1) is 22.3 Å². The highest BCUT2D eigenvalue weighted by Gasteiger charge is 2.56. The van der Waals surface area contributed by atoms with Gasteiger partial charge in [-0.3, -0.25) is 9.59 Å². The quantitative estimate of drug-likeness (QED) is 0.0703. The molecule has 0 amide bonds. The fourth-order valence-corrected chi connectivity index (χ4v) is 5.90. The van der Waals surface area contributed by atoms with E-state index in [-0.39, 0.29) is 44.3 Å². The summed E-state index contributed by atoms with van der Waals surface area (Å²) in [4.78, 5) is 26.3. The highest BCUT2D eigenvalue weighted by Crippen LogP contribution is 2.46. The van der Waals surface area contributed by atoms with Gasteiger partial charge in [-0.1, -0.05) is 23.2 Å². The van der Waals surface area contributed by atoms with Crippen molar-refractivity contribution in [3.8, 4) is 34.6 Å². The van der Waals surface area contributed by atoms with Crippen LogP contribution in [0.1, 0.15) is 11.1 Å². The average Bonchev–Trinajstić information content (AvgIpc) is 3.04. The van der Waals surface area contributed by atoms with Crippen LogP contribution in [0.25, 0.3) is 0 Å². The van der Waals surface area contributed by atoms with Gasteiger partial charge in [0.15, 0.2) is 23.9 Å². The Bertz CT molecular complexity index is 2010. The van der Waals surface area contributed by atoms with E-state index in [2.05, 4.69) is 4.74 Å². The predicted molar refractivity (Wildman–Crippen MR) is 160 cm³/mol. The number of halogens is 8. The molecule has 2 aliphatic rings. The van der Waals surface area contributed by atoms with Crippen LogP contribution in [0.3, 0.4) is 0 Å². The summed E-state index contributed by atoms with van der Waals surface area (Å²) in [6.45, 7) is 0. The number of hydrogen-bond donors (Lipinski definition) is 0. The summed E-state index contributed by atoms with van der Waals surface area (Å²) in [7, 11) is 0. The first-order chi connectivity index (χ1) is 24.0. The van der Waals surface area contributed by atoms with Crippen molar-refractivity contribution in [2.75, 3.05) is 0 Å².